The van der Waals surface area contributed by atoms with Crippen LogP contribution in [0.2, 0.25) is 0 Å². The number of rotatable bonds is 5. The topological polar surface area (TPSA) is 31.2 Å². The lowest BCUT2D eigenvalue weighted by Gasteiger charge is -2.13. The molecule has 5 rings (SSSR count). The molecule has 0 radical (unpaired) electrons. The summed E-state index contributed by atoms with van der Waals surface area (Å²) in [7, 11) is 0. The fourth-order valence-electron chi connectivity index (χ4n) is 3.91. The molecule has 1 heterocycles. The van der Waals surface area contributed by atoms with Gasteiger partial charge in [-0.05, 0) is 29.8 Å². The second-order valence-corrected chi connectivity index (χ2v) is 7.39. The van der Waals surface area contributed by atoms with E-state index in [2.05, 4.69) is 34.9 Å². The minimum atomic E-state index is -0.361. The summed E-state index contributed by atoms with van der Waals surface area (Å²) in [4.78, 5) is 13.0. The quantitative estimate of drug-likeness (QED) is 0.311. The molecule has 0 amide bonds. The Morgan fingerprint density at radius 3 is 1.97 bits per heavy atom. The maximum atomic E-state index is 13.0. The highest BCUT2D eigenvalue weighted by Crippen LogP contribution is 2.41. The first kappa shape index (κ1) is 18.9. The summed E-state index contributed by atoms with van der Waals surface area (Å²) in [5.74, 6) is 0.229. The third-order valence-electron chi connectivity index (χ3n) is 5.36. The van der Waals surface area contributed by atoms with Gasteiger partial charge < -0.3 is 9.30 Å². The van der Waals surface area contributed by atoms with Crippen LogP contribution in [0.15, 0.2) is 115 Å². The van der Waals surface area contributed by atoms with E-state index in [1.54, 1.807) is 12.1 Å². The molecule has 5 aromatic rings. The molecule has 0 aliphatic rings. The lowest BCUT2D eigenvalue weighted by molar-refractivity contribution is 0.0737. The first-order valence-corrected chi connectivity index (χ1v) is 10.3. The van der Waals surface area contributed by atoms with E-state index in [0.717, 1.165) is 22.2 Å². The molecule has 4 aromatic carbocycles. The highest BCUT2D eigenvalue weighted by atomic mass is 16.5. The van der Waals surface area contributed by atoms with Crippen molar-refractivity contribution in [3.05, 3.63) is 126 Å². The van der Waals surface area contributed by atoms with Gasteiger partial charge in [0.25, 0.3) is 0 Å². The van der Waals surface area contributed by atoms with Gasteiger partial charge in [-0.25, -0.2) is 4.79 Å². The van der Waals surface area contributed by atoms with Gasteiger partial charge in [-0.2, -0.15) is 0 Å². The van der Waals surface area contributed by atoms with Gasteiger partial charge in [0.2, 0.25) is 0 Å². The average molecular weight is 403 g/mol. The van der Waals surface area contributed by atoms with Crippen LogP contribution in [0, 0.1) is 0 Å². The Balaban J connectivity index is 1.71. The molecule has 150 valence electrons. The standard InChI is InChI=1S/C28H21NO2/c30-28(23-16-8-3-9-17-23)31-27-24-18-10-11-19-25(24)29(20-21-12-4-1-5-13-21)26(27)22-14-6-2-7-15-22/h1-19H,20H2. The number of hydrogen-bond donors (Lipinski definition) is 0. The fraction of sp³-hybridized carbons (Fsp3) is 0.0357. The molecule has 0 bridgehead atoms. The predicted octanol–water partition coefficient (Wildman–Crippen LogP) is 6.58. The smallest absolute Gasteiger partial charge is 0.343 e. The van der Waals surface area contributed by atoms with Crippen LogP contribution < -0.4 is 4.74 Å². The molecule has 1 aromatic heterocycles. The number of carbonyl (C=O) groups excluding carboxylic acids is 1. The van der Waals surface area contributed by atoms with Crippen LogP contribution in [0.5, 0.6) is 5.75 Å². The van der Waals surface area contributed by atoms with E-state index in [1.165, 1.54) is 5.56 Å². The number of hydrogen-bond acceptors (Lipinski definition) is 2. The molecule has 3 heteroatoms. The maximum absolute atomic E-state index is 13.0. The Hall–Kier alpha value is -4.11. The van der Waals surface area contributed by atoms with Crippen molar-refractivity contribution in [1.29, 1.82) is 0 Å². The van der Waals surface area contributed by atoms with Crippen LogP contribution in [0.3, 0.4) is 0 Å². The molecule has 31 heavy (non-hydrogen) atoms. The molecule has 0 N–H and O–H groups in total. The number of esters is 1. The third-order valence-corrected chi connectivity index (χ3v) is 5.36. The highest BCUT2D eigenvalue weighted by molar-refractivity contribution is 6.00. The lowest BCUT2D eigenvalue weighted by Crippen LogP contribution is -2.09. The zero-order valence-electron chi connectivity index (χ0n) is 16.9. The first-order valence-electron chi connectivity index (χ1n) is 10.3. The summed E-state index contributed by atoms with van der Waals surface area (Å²) < 4.78 is 8.29. The number of carbonyl (C=O) groups is 1. The molecule has 0 saturated heterocycles. The number of nitrogens with zero attached hydrogens (tertiary/aromatic N) is 1. The average Bonchev–Trinajstić information content (AvgIpc) is 3.14. The van der Waals surface area contributed by atoms with E-state index in [1.807, 2.05) is 72.8 Å². The van der Waals surface area contributed by atoms with Crippen molar-refractivity contribution in [3.8, 4) is 17.0 Å². The normalized spacial score (nSPS) is 10.8. The Kier molecular flexibility index (Phi) is 5.07. The van der Waals surface area contributed by atoms with Crippen LogP contribution in [0.4, 0.5) is 0 Å². The Bertz CT molecular complexity index is 1320. The van der Waals surface area contributed by atoms with Gasteiger partial charge in [0.15, 0.2) is 5.75 Å². The Morgan fingerprint density at radius 1 is 0.677 bits per heavy atom. The molecular weight excluding hydrogens is 382 g/mol. The number of fused-ring (bicyclic) bond motifs is 1. The van der Waals surface area contributed by atoms with E-state index in [0.29, 0.717) is 17.9 Å². The van der Waals surface area contributed by atoms with E-state index < -0.39 is 0 Å². The second kappa shape index (κ2) is 8.33. The van der Waals surface area contributed by atoms with Crippen LogP contribution in [0.1, 0.15) is 15.9 Å². The lowest BCUT2D eigenvalue weighted by atomic mass is 10.1. The van der Waals surface area contributed by atoms with Crippen LogP contribution in [0.25, 0.3) is 22.2 Å². The van der Waals surface area contributed by atoms with Crippen molar-refractivity contribution in [1.82, 2.24) is 4.57 Å². The minimum Gasteiger partial charge on any atom is -0.420 e. The Morgan fingerprint density at radius 2 is 1.26 bits per heavy atom. The molecule has 0 saturated carbocycles. The van der Waals surface area contributed by atoms with E-state index in [-0.39, 0.29) is 5.97 Å². The van der Waals surface area contributed by atoms with E-state index in [4.69, 9.17) is 4.74 Å². The van der Waals surface area contributed by atoms with Gasteiger partial charge in [0, 0.05) is 17.5 Å². The summed E-state index contributed by atoms with van der Waals surface area (Å²) in [6.45, 7) is 0.675. The maximum Gasteiger partial charge on any atom is 0.343 e. The number of aromatic nitrogens is 1. The summed E-state index contributed by atoms with van der Waals surface area (Å²) in [5.41, 5.74) is 4.64. The van der Waals surface area contributed by atoms with Crippen molar-refractivity contribution in [2.45, 2.75) is 6.54 Å². The van der Waals surface area contributed by atoms with E-state index in [9.17, 15) is 4.79 Å². The predicted molar refractivity (Wildman–Crippen MR) is 124 cm³/mol. The summed E-state index contributed by atoms with van der Waals surface area (Å²) >= 11 is 0. The van der Waals surface area contributed by atoms with Crippen molar-refractivity contribution in [2.24, 2.45) is 0 Å². The molecule has 3 nitrogen and oxygen atoms in total. The zero-order valence-corrected chi connectivity index (χ0v) is 16.9. The number of para-hydroxylation sites is 1. The first-order chi connectivity index (χ1) is 15.3. The monoisotopic (exact) mass is 403 g/mol. The minimum absolute atomic E-state index is 0.361. The molecule has 0 aliphatic carbocycles. The fourth-order valence-corrected chi connectivity index (χ4v) is 3.91. The molecule has 0 unspecified atom stereocenters. The van der Waals surface area contributed by atoms with Crippen molar-refractivity contribution in [2.75, 3.05) is 0 Å². The van der Waals surface area contributed by atoms with Gasteiger partial charge in [-0.3, -0.25) is 0 Å². The second-order valence-electron chi connectivity index (χ2n) is 7.39. The highest BCUT2D eigenvalue weighted by Gasteiger charge is 2.22. The molecule has 0 spiro atoms. The SMILES string of the molecule is O=C(Oc1c(-c2ccccc2)n(Cc2ccccc2)c2ccccc12)c1ccccc1. The van der Waals surface area contributed by atoms with Crippen LogP contribution >= 0.6 is 0 Å². The molecule has 0 aliphatic heterocycles. The van der Waals surface area contributed by atoms with Gasteiger partial charge in [0.1, 0.15) is 0 Å². The number of ether oxygens (including phenoxy) is 1. The molecule has 0 fully saturated rings. The van der Waals surface area contributed by atoms with Crippen LogP contribution in [-0.4, -0.2) is 10.5 Å². The summed E-state index contributed by atoms with van der Waals surface area (Å²) in [5, 5.41) is 0.918. The molecular formula is C28H21NO2. The van der Waals surface area contributed by atoms with Crippen molar-refractivity contribution in [3.63, 3.8) is 0 Å². The zero-order chi connectivity index (χ0) is 21.0. The largest absolute Gasteiger partial charge is 0.420 e. The molecule has 0 atom stereocenters. The summed E-state index contributed by atoms with van der Waals surface area (Å²) in [6, 6.07) is 37.6. The van der Waals surface area contributed by atoms with Gasteiger partial charge in [0.05, 0.1) is 16.8 Å². The van der Waals surface area contributed by atoms with Gasteiger partial charge in [-0.1, -0.05) is 91.0 Å². The Labute approximate surface area is 181 Å². The summed E-state index contributed by atoms with van der Waals surface area (Å²) in [6.07, 6.45) is 0. The van der Waals surface area contributed by atoms with Gasteiger partial charge >= 0.3 is 5.97 Å². The van der Waals surface area contributed by atoms with E-state index >= 15 is 0 Å². The van der Waals surface area contributed by atoms with Crippen molar-refractivity contribution >= 4 is 16.9 Å². The van der Waals surface area contributed by atoms with Crippen molar-refractivity contribution < 1.29 is 9.53 Å². The third kappa shape index (κ3) is 3.74. The number of benzene rings is 4. The van der Waals surface area contributed by atoms with Crippen LogP contribution in [-0.2, 0) is 6.54 Å². The van der Waals surface area contributed by atoms with Gasteiger partial charge in [-0.15, -0.1) is 0 Å².